The summed E-state index contributed by atoms with van der Waals surface area (Å²) in [6.07, 6.45) is 3.38. The monoisotopic (exact) mass is 404 g/mol. The number of aryl methyl sites for hydroxylation is 1. The quantitative estimate of drug-likeness (QED) is 0.460. The lowest BCUT2D eigenvalue weighted by Gasteiger charge is -2.26. The van der Waals surface area contributed by atoms with Gasteiger partial charge in [-0.3, -0.25) is 5.10 Å². The zero-order valence-corrected chi connectivity index (χ0v) is 17.2. The van der Waals surface area contributed by atoms with Crippen molar-refractivity contribution in [1.29, 1.82) is 0 Å². The van der Waals surface area contributed by atoms with Crippen molar-refractivity contribution in [2.75, 3.05) is 18.5 Å². The fourth-order valence-electron chi connectivity index (χ4n) is 3.84. The average Bonchev–Trinajstić information content (AvgIpc) is 3.37. The summed E-state index contributed by atoms with van der Waals surface area (Å²) in [5.74, 6) is 2.69. The van der Waals surface area contributed by atoms with E-state index in [-0.39, 0.29) is 6.04 Å². The van der Waals surface area contributed by atoms with Gasteiger partial charge in [-0.1, -0.05) is 19.9 Å². The van der Waals surface area contributed by atoms with Crippen LogP contribution < -0.4 is 14.8 Å². The highest BCUT2D eigenvalue weighted by atomic mass is 16.6. The van der Waals surface area contributed by atoms with Crippen LogP contribution in [0, 0.1) is 12.8 Å². The molecule has 0 amide bonds. The summed E-state index contributed by atoms with van der Waals surface area (Å²) in [5.41, 5.74) is 4.86. The molecule has 0 saturated carbocycles. The number of nitrogens with one attached hydrogen (secondary N) is 3. The van der Waals surface area contributed by atoms with Crippen LogP contribution in [0.25, 0.3) is 22.4 Å². The maximum absolute atomic E-state index is 5.78. The molecule has 8 heteroatoms. The maximum atomic E-state index is 5.78. The van der Waals surface area contributed by atoms with Gasteiger partial charge in [0.25, 0.3) is 0 Å². The van der Waals surface area contributed by atoms with Gasteiger partial charge in [-0.25, -0.2) is 9.97 Å². The van der Waals surface area contributed by atoms with E-state index < -0.39 is 0 Å². The third kappa shape index (κ3) is 3.24. The molecule has 0 fully saturated rings. The van der Waals surface area contributed by atoms with E-state index in [1.165, 1.54) is 0 Å². The summed E-state index contributed by atoms with van der Waals surface area (Å²) in [6, 6.07) is 8.22. The molecule has 5 rings (SSSR count). The van der Waals surface area contributed by atoms with Gasteiger partial charge < -0.3 is 19.8 Å². The smallest absolute Gasteiger partial charge is 0.161 e. The number of anilines is 1. The molecule has 0 aliphatic carbocycles. The zero-order valence-electron chi connectivity index (χ0n) is 17.2. The largest absolute Gasteiger partial charge is 0.486 e. The summed E-state index contributed by atoms with van der Waals surface area (Å²) < 4.78 is 11.4. The molecule has 1 aromatic carbocycles. The molecule has 3 N–H and O–H groups in total. The minimum Gasteiger partial charge on any atom is -0.486 e. The Labute approximate surface area is 174 Å². The number of nitrogens with zero attached hydrogens (tertiary/aromatic N) is 3. The summed E-state index contributed by atoms with van der Waals surface area (Å²) in [7, 11) is 0. The number of aromatic nitrogens is 5. The highest BCUT2D eigenvalue weighted by Gasteiger charge is 2.22. The Balaban J connectivity index is 1.51. The molecular weight excluding hydrogens is 380 g/mol. The molecule has 1 atom stereocenters. The normalized spacial score (nSPS) is 14.3. The number of benzene rings is 1. The second kappa shape index (κ2) is 7.37. The molecule has 1 aliphatic heterocycles. The molecule has 0 bridgehead atoms. The van der Waals surface area contributed by atoms with Gasteiger partial charge in [-0.05, 0) is 42.2 Å². The fraction of sp³-hybridized carbons (Fsp3) is 0.318. The second-order valence-electron chi connectivity index (χ2n) is 7.86. The van der Waals surface area contributed by atoms with Crippen LogP contribution in [-0.2, 0) is 0 Å². The van der Waals surface area contributed by atoms with E-state index in [9.17, 15) is 0 Å². The number of rotatable bonds is 5. The highest BCUT2D eigenvalue weighted by molar-refractivity contribution is 5.91. The third-order valence-electron chi connectivity index (χ3n) is 5.41. The molecule has 154 valence electrons. The standard InChI is InChI=1S/C22H24N6O2/c1-12(2)19(14-4-5-17-18(8-14)30-7-6-29-17)27-22-15-9-16(20-13(3)10-25-28-20)26-21(15)23-11-24-22/h4-5,8-12,19H,6-7H2,1-3H3,(H,25,28)(H2,23,24,26,27)/t19-/m1/s1. The molecule has 4 aromatic rings. The molecule has 1 aliphatic rings. The van der Waals surface area contributed by atoms with Gasteiger partial charge >= 0.3 is 0 Å². The topological polar surface area (TPSA) is 101 Å². The fourth-order valence-corrected chi connectivity index (χ4v) is 3.84. The Hall–Kier alpha value is -3.55. The zero-order chi connectivity index (χ0) is 20.7. The van der Waals surface area contributed by atoms with Gasteiger partial charge in [0.2, 0.25) is 0 Å². The van der Waals surface area contributed by atoms with Crippen LogP contribution in [0.1, 0.15) is 31.0 Å². The van der Waals surface area contributed by atoms with Gasteiger partial charge in [0.05, 0.1) is 29.0 Å². The van der Waals surface area contributed by atoms with Crippen molar-refractivity contribution in [2.24, 2.45) is 5.92 Å². The molecule has 0 spiro atoms. The predicted molar refractivity (Wildman–Crippen MR) is 115 cm³/mol. The summed E-state index contributed by atoms with van der Waals surface area (Å²) in [4.78, 5) is 12.3. The van der Waals surface area contributed by atoms with Gasteiger partial charge in [-0.2, -0.15) is 5.10 Å². The Morgan fingerprint density at radius 1 is 1.07 bits per heavy atom. The molecule has 0 unspecified atom stereocenters. The number of ether oxygens (including phenoxy) is 2. The van der Waals surface area contributed by atoms with Crippen LogP contribution in [0.2, 0.25) is 0 Å². The van der Waals surface area contributed by atoms with Crippen molar-refractivity contribution >= 4 is 16.9 Å². The first-order valence-corrected chi connectivity index (χ1v) is 10.1. The number of fused-ring (bicyclic) bond motifs is 2. The van der Waals surface area contributed by atoms with Crippen molar-refractivity contribution in [3.05, 3.63) is 47.9 Å². The van der Waals surface area contributed by atoms with Gasteiger partial charge in [0.15, 0.2) is 11.5 Å². The van der Waals surface area contributed by atoms with Crippen LogP contribution in [-0.4, -0.2) is 38.4 Å². The van der Waals surface area contributed by atoms with Crippen molar-refractivity contribution in [2.45, 2.75) is 26.8 Å². The lowest BCUT2D eigenvalue weighted by Crippen LogP contribution is -2.19. The number of hydrogen-bond acceptors (Lipinski definition) is 6. The predicted octanol–water partition coefficient (Wildman–Crippen LogP) is 4.24. The molecule has 0 saturated heterocycles. The first kappa shape index (κ1) is 18.5. The van der Waals surface area contributed by atoms with Crippen LogP contribution >= 0.6 is 0 Å². The SMILES string of the molecule is Cc1cn[nH]c1-c1cc2c(N[C@@H](c3ccc4c(c3)OCCO4)C(C)C)ncnc2[nH]1. The highest BCUT2D eigenvalue weighted by Crippen LogP contribution is 2.36. The van der Waals surface area contributed by atoms with E-state index in [1.807, 2.05) is 19.2 Å². The maximum Gasteiger partial charge on any atom is 0.161 e. The Kier molecular flexibility index (Phi) is 4.54. The van der Waals surface area contributed by atoms with Crippen molar-refractivity contribution in [1.82, 2.24) is 25.1 Å². The summed E-state index contributed by atoms with van der Waals surface area (Å²) >= 11 is 0. The van der Waals surface area contributed by atoms with Crippen LogP contribution in [0.15, 0.2) is 36.8 Å². The van der Waals surface area contributed by atoms with Gasteiger partial charge in [0, 0.05) is 0 Å². The van der Waals surface area contributed by atoms with E-state index in [2.05, 4.69) is 62.5 Å². The van der Waals surface area contributed by atoms with E-state index in [4.69, 9.17) is 9.47 Å². The molecule has 8 nitrogen and oxygen atoms in total. The Morgan fingerprint density at radius 3 is 2.67 bits per heavy atom. The minimum atomic E-state index is 0.0474. The van der Waals surface area contributed by atoms with E-state index in [1.54, 1.807) is 6.33 Å². The molecular formula is C22H24N6O2. The first-order valence-electron chi connectivity index (χ1n) is 10.1. The van der Waals surface area contributed by atoms with Crippen LogP contribution in [0.5, 0.6) is 11.5 Å². The number of H-pyrrole nitrogens is 2. The van der Waals surface area contributed by atoms with Crippen molar-refractivity contribution < 1.29 is 9.47 Å². The van der Waals surface area contributed by atoms with E-state index in [0.29, 0.717) is 19.1 Å². The molecule has 30 heavy (non-hydrogen) atoms. The number of hydrogen-bond donors (Lipinski definition) is 3. The number of aromatic amines is 2. The molecule has 3 aromatic heterocycles. The first-order chi connectivity index (χ1) is 14.6. The lowest BCUT2D eigenvalue weighted by molar-refractivity contribution is 0.171. The average molecular weight is 404 g/mol. The Morgan fingerprint density at radius 2 is 1.90 bits per heavy atom. The van der Waals surface area contributed by atoms with Crippen molar-refractivity contribution in [3.63, 3.8) is 0 Å². The summed E-state index contributed by atoms with van der Waals surface area (Å²) in [6.45, 7) is 7.54. The molecule has 4 heterocycles. The van der Waals surface area contributed by atoms with E-state index >= 15 is 0 Å². The van der Waals surface area contributed by atoms with Gasteiger partial charge in [0.1, 0.15) is 31.0 Å². The van der Waals surface area contributed by atoms with Crippen molar-refractivity contribution in [3.8, 4) is 22.9 Å². The third-order valence-corrected chi connectivity index (χ3v) is 5.41. The minimum absolute atomic E-state index is 0.0474. The van der Waals surface area contributed by atoms with Gasteiger partial charge in [-0.15, -0.1) is 0 Å². The second-order valence-corrected chi connectivity index (χ2v) is 7.86. The van der Waals surface area contributed by atoms with Crippen LogP contribution in [0.4, 0.5) is 5.82 Å². The Bertz CT molecular complexity index is 1200. The summed E-state index contributed by atoms with van der Waals surface area (Å²) in [5, 5.41) is 11.7. The van der Waals surface area contributed by atoms with E-state index in [0.717, 1.165) is 50.9 Å². The lowest BCUT2D eigenvalue weighted by atomic mass is 9.95. The van der Waals surface area contributed by atoms with Crippen LogP contribution in [0.3, 0.4) is 0 Å². The molecule has 0 radical (unpaired) electrons.